The van der Waals surface area contributed by atoms with Crippen LogP contribution in [0.4, 0.5) is 4.79 Å². The molecule has 0 spiro atoms. The molecule has 1 saturated carbocycles. The number of ether oxygens (including phenoxy) is 2. The second-order valence-corrected chi connectivity index (χ2v) is 7.52. The number of hydrazine groups is 1. The molecule has 1 aliphatic rings. The van der Waals surface area contributed by atoms with Gasteiger partial charge in [-0.2, -0.15) is 0 Å². The van der Waals surface area contributed by atoms with Crippen LogP contribution in [0.1, 0.15) is 40.0 Å². The van der Waals surface area contributed by atoms with Gasteiger partial charge in [-0.15, -0.1) is 0 Å². The van der Waals surface area contributed by atoms with Crippen LogP contribution < -0.4 is 20.9 Å². The zero-order chi connectivity index (χ0) is 19.9. The van der Waals surface area contributed by atoms with Crippen LogP contribution in [-0.4, -0.2) is 36.2 Å². The maximum absolute atomic E-state index is 12.3. The molecule has 2 rings (SSSR count). The lowest BCUT2D eigenvalue weighted by Crippen LogP contribution is -2.53. The predicted molar refractivity (Wildman–Crippen MR) is 98.7 cm³/mol. The van der Waals surface area contributed by atoms with Crippen molar-refractivity contribution < 1.29 is 23.9 Å². The Morgan fingerprint density at radius 2 is 1.78 bits per heavy atom. The number of para-hydroxylation sites is 1. The molecule has 0 radical (unpaired) electrons. The maximum atomic E-state index is 12.3. The molecule has 0 heterocycles. The highest BCUT2D eigenvalue weighted by molar-refractivity contribution is 5.88. The first-order valence-electron chi connectivity index (χ1n) is 8.99. The van der Waals surface area contributed by atoms with Gasteiger partial charge in [0.15, 0.2) is 6.61 Å². The molecule has 1 atom stereocenters. The fourth-order valence-electron chi connectivity index (χ4n) is 2.29. The summed E-state index contributed by atoms with van der Waals surface area (Å²) >= 11 is 0. The van der Waals surface area contributed by atoms with Gasteiger partial charge in [0.25, 0.3) is 11.8 Å². The normalized spacial score (nSPS) is 14.6. The summed E-state index contributed by atoms with van der Waals surface area (Å²) in [5.41, 5.74) is 3.97. The number of rotatable bonds is 7. The minimum atomic E-state index is -0.775. The van der Waals surface area contributed by atoms with Crippen LogP contribution in [0.2, 0.25) is 0 Å². The fourth-order valence-corrected chi connectivity index (χ4v) is 2.29. The molecule has 1 aromatic carbocycles. The maximum Gasteiger partial charge on any atom is 0.408 e. The quantitative estimate of drug-likeness (QED) is 0.630. The van der Waals surface area contributed by atoms with Gasteiger partial charge in [0, 0.05) is 0 Å². The molecule has 1 unspecified atom stereocenters. The number of hydrogen-bond acceptors (Lipinski definition) is 5. The summed E-state index contributed by atoms with van der Waals surface area (Å²) in [4.78, 5) is 36.1. The topological polar surface area (TPSA) is 106 Å². The minimum Gasteiger partial charge on any atom is -0.484 e. The van der Waals surface area contributed by atoms with Crippen molar-refractivity contribution in [3.63, 3.8) is 0 Å². The Morgan fingerprint density at radius 3 is 2.37 bits per heavy atom. The van der Waals surface area contributed by atoms with Crippen molar-refractivity contribution in [3.8, 4) is 5.75 Å². The third-order valence-corrected chi connectivity index (χ3v) is 3.71. The highest BCUT2D eigenvalue weighted by Gasteiger charge is 2.31. The zero-order valence-electron chi connectivity index (χ0n) is 15.9. The lowest BCUT2D eigenvalue weighted by atomic mass is 10.1. The Kier molecular flexibility index (Phi) is 7.04. The van der Waals surface area contributed by atoms with E-state index in [1.807, 2.05) is 6.07 Å². The molecule has 3 N–H and O–H groups in total. The third kappa shape index (κ3) is 8.44. The predicted octanol–water partition coefficient (Wildman–Crippen LogP) is 1.91. The lowest BCUT2D eigenvalue weighted by Gasteiger charge is -2.23. The number of nitrogens with one attached hydrogen (secondary N) is 3. The van der Waals surface area contributed by atoms with E-state index in [9.17, 15) is 14.4 Å². The average Bonchev–Trinajstić information content (AvgIpc) is 3.40. The summed E-state index contributed by atoms with van der Waals surface area (Å²) in [6.45, 7) is 5.00. The van der Waals surface area contributed by atoms with E-state index in [0.29, 0.717) is 18.1 Å². The van der Waals surface area contributed by atoms with Gasteiger partial charge in [-0.1, -0.05) is 31.0 Å². The molecule has 3 amide bonds. The third-order valence-electron chi connectivity index (χ3n) is 3.71. The van der Waals surface area contributed by atoms with Crippen molar-refractivity contribution in [2.45, 2.75) is 51.7 Å². The van der Waals surface area contributed by atoms with Crippen LogP contribution in [0.25, 0.3) is 0 Å². The summed E-state index contributed by atoms with van der Waals surface area (Å²) < 4.78 is 10.5. The summed E-state index contributed by atoms with van der Waals surface area (Å²) in [7, 11) is 0. The van der Waals surface area contributed by atoms with Crippen molar-refractivity contribution in [1.29, 1.82) is 0 Å². The van der Waals surface area contributed by atoms with Crippen molar-refractivity contribution in [2.24, 2.45) is 5.92 Å². The molecule has 0 saturated heterocycles. The van der Waals surface area contributed by atoms with Gasteiger partial charge in [-0.05, 0) is 45.2 Å². The molecule has 0 aliphatic heterocycles. The van der Waals surface area contributed by atoms with Crippen LogP contribution in [0, 0.1) is 5.92 Å². The monoisotopic (exact) mass is 377 g/mol. The molecular weight excluding hydrogens is 350 g/mol. The number of amides is 3. The number of carbonyl (C=O) groups is 3. The first kappa shape index (κ1) is 20.5. The zero-order valence-corrected chi connectivity index (χ0v) is 15.9. The van der Waals surface area contributed by atoms with E-state index < -0.39 is 29.6 Å². The van der Waals surface area contributed by atoms with E-state index in [4.69, 9.17) is 9.47 Å². The van der Waals surface area contributed by atoms with E-state index >= 15 is 0 Å². The number of hydrogen-bond donors (Lipinski definition) is 3. The summed E-state index contributed by atoms with van der Waals surface area (Å²) in [6, 6.07) is 8.09. The van der Waals surface area contributed by atoms with Crippen molar-refractivity contribution in [3.05, 3.63) is 30.3 Å². The van der Waals surface area contributed by atoms with Crippen molar-refractivity contribution in [1.82, 2.24) is 16.2 Å². The Bertz CT molecular complexity index is 653. The number of carbonyl (C=O) groups excluding carboxylic acids is 3. The molecule has 8 nitrogen and oxygen atoms in total. The van der Waals surface area contributed by atoms with Gasteiger partial charge in [0.05, 0.1) is 0 Å². The van der Waals surface area contributed by atoms with Gasteiger partial charge < -0.3 is 14.8 Å². The standard InChI is InChI=1S/C19H27N3O5/c1-19(2,3)27-18(25)20-15(11-13-9-10-13)17(24)22-21-16(23)12-26-14-7-5-4-6-8-14/h4-8,13,15H,9-12H2,1-3H3,(H,20,25)(H,21,23)(H,22,24). The molecule has 0 aromatic heterocycles. The van der Waals surface area contributed by atoms with Crippen LogP contribution in [0.3, 0.4) is 0 Å². The van der Waals surface area contributed by atoms with Gasteiger partial charge in [-0.3, -0.25) is 20.4 Å². The summed E-state index contributed by atoms with van der Waals surface area (Å²) in [5, 5.41) is 2.57. The van der Waals surface area contributed by atoms with Crippen LogP contribution >= 0.6 is 0 Å². The van der Waals surface area contributed by atoms with E-state index in [2.05, 4.69) is 16.2 Å². The molecule has 1 aliphatic carbocycles. The second kappa shape index (κ2) is 9.25. The van der Waals surface area contributed by atoms with E-state index in [1.54, 1.807) is 45.0 Å². The van der Waals surface area contributed by atoms with Crippen molar-refractivity contribution >= 4 is 17.9 Å². The van der Waals surface area contributed by atoms with Crippen LogP contribution in [0.5, 0.6) is 5.75 Å². The Hall–Kier alpha value is -2.77. The van der Waals surface area contributed by atoms with Gasteiger partial charge in [0.2, 0.25) is 0 Å². The van der Waals surface area contributed by atoms with Crippen LogP contribution in [0.15, 0.2) is 30.3 Å². The molecule has 148 valence electrons. The summed E-state index contributed by atoms with van der Waals surface area (Å²) in [5.74, 6) is -0.0551. The van der Waals surface area contributed by atoms with E-state index in [-0.39, 0.29) is 6.61 Å². The van der Waals surface area contributed by atoms with Crippen molar-refractivity contribution in [2.75, 3.05) is 6.61 Å². The molecular formula is C19H27N3O5. The number of alkyl carbamates (subject to hydrolysis) is 1. The van der Waals surface area contributed by atoms with Gasteiger partial charge in [-0.25, -0.2) is 4.79 Å². The summed E-state index contributed by atoms with van der Waals surface area (Å²) in [6.07, 6.45) is 1.89. The Labute approximate surface area is 159 Å². The Morgan fingerprint density at radius 1 is 1.11 bits per heavy atom. The minimum absolute atomic E-state index is 0.239. The smallest absolute Gasteiger partial charge is 0.408 e. The SMILES string of the molecule is CC(C)(C)OC(=O)NC(CC1CC1)C(=O)NNC(=O)COc1ccccc1. The van der Waals surface area contributed by atoms with Gasteiger partial charge >= 0.3 is 6.09 Å². The largest absolute Gasteiger partial charge is 0.484 e. The molecule has 1 aromatic rings. The fraction of sp³-hybridized carbons (Fsp3) is 0.526. The number of benzene rings is 1. The van der Waals surface area contributed by atoms with Crippen LogP contribution in [-0.2, 0) is 14.3 Å². The molecule has 8 heteroatoms. The second-order valence-electron chi connectivity index (χ2n) is 7.52. The lowest BCUT2D eigenvalue weighted by molar-refractivity contribution is -0.131. The molecule has 0 bridgehead atoms. The van der Waals surface area contributed by atoms with E-state index in [0.717, 1.165) is 12.8 Å². The Balaban J connectivity index is 1.78. The average molecular weight is 377 g/mol. The molecule has 27 heavy (non-hydrogen) atoms. The highest BCUT2D eigenvalue weighted by atomic mass is 16.6. The first-order valence-corrected chi connectivity index (χ1v) is 8.99. The molecule has 1 fully saturated rings. The highest BCUT2D eigenvalue weighted by Crippen LogP contribution is 2.33. The van der Waals surface area contributed by atoms with Gasteiger partial charge in [0.1, 0.15) is 17.4 Å². The first-order chi connectivity index (χ1) is 12.7. The van der Waals surface area contributed by atoms with E-state index in [1.165, 1.54) is 0 Å².